The highest BCUT2D eigenvalue weighted by molar-refractivity contribution is 5.89. The number of aromatic nitrogens is 4. The lowest BCUT2D eigenvalue weighted by atomic mass is 9.97. The zero-order chi connectivity index (χ0) is 26.8. The molecule has 2 heterocycles. The zero-order valence-corrected chi connectivity index (χ0v) is 20.9. The van der Waals surface area contributed by atoms with Gasteiger partial charge in [0, 0.05) is 13.5 Å². The summed E-state index contributed by atoms with van der Waals surface area (Å²) in [5, 5.41) is 0. The first-order valence-corrected chi connectivity index (χ1v) is 11.9. The first-order valence-electron chi connectivity index (χ1n) is 11.9. The number of fused-ring (bicyclic) bond motifs is 1. The van der Waals surface area contributed by atoms with E-state index in [1.807, 2.05) is 0 Å². The van der Waals surface area contributed by atoms with Crippen molar-refractivity contribution in [1.29, 1.82) is 0 Å². The van der Waals surface area contributed by atoms with Crippen molar-refractivity contribution in [2.24, 2.45) is 0 Å². The Morgan fingerprint density at radius 3 is 2.65 bits per heavy atom. The number of nitrogens with two attached hydrogens (primary N) is 1. The van der Waals surface area contributed by atoms with Gasteiger partial charge in [-0.1, -0.05) is 50.3 Å². The summed E-state index contributed by atoms with van der Waals surface area (Å²) in [5.74, 6) is 1.22. The van der Waals surface area contributed by atoms with Crippen molar-refractivity contribution in [1.82, 2.24) is 19.5 Å². The van der Waals surface area contributed by atoms with Gasteiger partial charge < -0.3 is 24.5 Å². The molecule has 10 nitrogen and oxygen atoms in total. The molecule has 37 heavy (non-hydrogen) atoms. The van der Waals surface area contributed by atoms with Crippen LogP contribution in [0.1, 0.15) is 49.4 Å². The average Bonchev–Trinajstić information content (AvgIpc) is 3.30. The number of unbranched alkanes of at least 4 members (excludes halogenated alkanes) is 3. The van der Waals surface area contributed by atoms with E-state index in [-0.39, 0.29) is 29.9 Å². The number of hydrogen-bond acceptors (Lipinski definition) is 9. The summed E-state index contributed by atoms with van der Waals surface area (Å²) in [4.78, 5) is 36.7. The Labute approximate surface area is 214 Å². The van der Waals surface area contributed by atoms with Crippen LogP contribution < -0.4 is 5.73 Å². The number of terminal acetylenes is 1. The third kappa shape index (κ3) is 6.80. The van der Waals surface area contributed by atoms with Gasteiger partial charge in [0.2, 0.25) is 5.60 Å². The number of rotatable bonds is 13. The highest BCUT2D eigenvalue weighted by Crippen LogP contribution is 2.25. The maximum Gasteiger partial charge on any atom is 0.338 e. The van der Waals surface area contributed by atoms with Gasteiger partial charge in [-0.25, -0.2) is 9.78 Å². The second-order valence-corrected chi connectivity index (χ2v) is 8.42. The molecule has 0 radical (unpaired) electrons. The minimum Gasteiger partial charge on any atom is -0.458 e. The van der Waals surface area contributed by atoms with Crippen molar-refractivity contribution < 1.29 is 28.2 Å². The number of anilines is 1. The molecule has 1 unspecified atom stereocenters. The van der Waals surface area contributed by atoms with E-state index in [9.17, 15) is 14.0 Å². The Morgan fingerprint density at radius 1 is 1.22 bits per heavy atom. The molecule has 3 rings (SSSR count). The second-order valence-electron chi connectivity index (χ2n) is 8.42. The van der Waals surface area contributed by atoms with Crippen molar-refractivity contribution in [2.75, 3.05) is 19.5 Å². The second kappa shape index (κ2) is 12.8. The number of esters is 2. The highest BCUT2D eigenvalue weighted by atomic mass is 19.1. The van der Waals surface area contributed by atoms with Crippen molar-refractivity contribution in [3.05, 3.63) is 48.3 Å². The molecule has 2 N–H and O–H groups in total. The molecule has 0 saturated heterocycles. The topological polar surface area (TPSA) is 131 Å². The third-order valence-corrected chi connectivity index (χ3v) is 5.89. The maximum absolute atomic E-state index is 13.9. The van der Waals surface area contributed by atoms with Gasteiger partial charge in [0.05, 0.1) is 18.4 Å². The largest absolute Gasteiger partial charge is 0.458 e. The number of hydrogen-bond donors (Lipinski definition) is 1. The van der Waals surface area contributed by atoms with Crippen LogP contribution in [0, 0.1) is 18.4 Å². The van der Waals surface area contributed by atoms with Crippen molar-refractivity contribution >= 4 is 28.9 Å². The minimum absolute atomic E-state index is 0.0808. The van der Waals surface area contributed by atoms with Gasteiger partial charge in [0.15, 0.2) is 17.6 Å². The van der Waals surface area contributed by atoms with E-state index in [4.69, 9.17) is 26.4 Å². The Morgan fingerprint density at radius 2 is 1.97 bits per heavy atom. The fourth-order valence-electron chi connectivity index (χ4n) is 3.75. The Bertz CT molecular complexity index is 1260. The number of carbonyl (C=O) groups is 2. The maximum atomic E-state index is 13.9. The first kappa shape index (κ1) is 27.5. The molecule has 0 aliphatic heterocycles. The van der Waals surface area contributed by atoms with E-state index in [1.165, 1.54) is 18.0 Å². The van der Waals surface area contributed by atoms with Crippen LogP contribution in [0.3, 0.4) is 0 Å². The van der Waals surface area contributed by atoms with Crippen molar-refractivity contribution in [2.45, 2.75) is 57.3 Å². The molecule has 2 aromatic heterocycles. The zero-order valence-electron chi connectivity index (χ0n) is 20.9. The van der Waals surface area contributed by atoms with Gasteiger partial charge in [0.25, 0.3) is 0 Å². The number of imidazole rings is 1. The monoisotopic (exact) mass is 511 g/mol. The van der Waals surface area contributed by atoms with E-state index in [0.29, 0.717) is 12.0 Å². The van der Waals surface area contributed by atoms with Gasteiger partial charge >= 0.3 is 18.0 Å². The predicted molar refractivity (Wildman–Crippen MR) is 134 cm³/mol. The summed E-state index contributed by atoms with van der Waals surface area (Å²) in [6.45, 7) is 1.52. The number of nitrogens with zero attached hydrogens (tertiary/aromatic N) is 4. The third-order valence-electron chi connectivity index (χ3n) is 5.89. The SMILES string of the molecule is C#CC(COC(=O)c1ccccc1)(OC)[C@H](Cn1cnc2c(N)nc(F)nc21)OC(=O)CCCCCC. The van der Waals surface area contributed by atoms with Crippen LogP contribution in [-0.4, -0.2) is 56.9 Å². The van der Waals surface area contributed by atoms with E-state index in [2.05, 4.69) is 27.8 Å². The van der Waals surface area contributed by atoms with Gasteiger partial charge in [0.1, 0.15) is 12.1 Å². The average molecular weight is 512 g/mol. The van der Waals surface area contributed by atoms with Gasteiger partial charge in [-0.3, -0.25) is 4.79 Å². The molecule has 0 aliphatic carbocycles. The Balaban J connectivity index is 1.89. The number of halogens is 1. The summed E-state index contributed by atoms with van der Waals surface area (Å²) in [5.41, 5.74) is 4.67. The van der Waals surface area contributed by atoms with Gasteiger partial charge in [-0.2, -0.15) is 14.4 Å². The normalized spacial score (nSPS) is 13.5. The highest BCUT2D eigenvalue weighted by Gasteiger charge is 2.43. The lowest BCUT2D eigenvalue weighted by molar-refractivity contribution is -0.168. The van der Waals surface area contributed by atoms with Crippen LogP contribution in [-0.2, 0) is 25.5 Å². The van der Waals surface area contributed by atoms with Gasteiger partial charge in [-0.05, 0) is 18.6 Å². The molecule has 0 saturated carbocycles. The van der Waals surface area contributed by atoms with E-state index in [0.717, 1.165) is 19.3 Å². The minimum atomic E-state index is -1.67. The molecular weight excluding hydrogens is 481 g/mol. The molecule has 2 atom stereocenters. The summed E-state index contributed by atoms with van der Waals surface area (Å²) >= 11 is 0. The summed E-state index contributed by atoms with van der Waals surface area (Å²) < 4.78 is 32.2. The van der Waals surface area contributed by atoms with Crippen LogP contribution in [0.15, 0.2) is 36.7 Å². The molecular formula is C26H30FN5O5. The number of nitrogen functional groups attached to an aromatic ring is 1. The lowest BCUT2D eigenvalue weighted by Gasteiger charge is -2.34. The molecule has 11 heteroatoms. The Hall–Kier alpha value is -4.04. The molecule has 3 aromatic rings. The number of carbonyl (C=O) groups excluding carboxylic acids is 2. The van der Waals surface area contributed by atoms with Crippen molar-refractivity contribution in [3.8, 4) is 12.3 Å². The fourth-order valence-corrected chi connectivity index (χ4v) is 3.75. The molecule has 196 valence electrons. The fraction of sp³-hybridized carbons (Fsp3) is 0.423. The first-order chi connectivity index (χ1) is 17.8. The smallest absolute Gasteiger partial charge is 0.338 e. The predicted octanol–water partition coefficient (Wildman–Crippen LogP) is 3.31. The van der Waals surface area contributed by atoms with Crippen LogP contribution >= 0.6 is 0 Å². The Kier molecular flexibility index (Phi) is 9.51. The molecule has 0 fully saturated rings. The van der Waals surface area contributed by atoms with Gasteiger partial charge in [-0.15, -0.1) is 6.42 Å². The summed E-state index contributed by atoms with van der Waals surface area (Å²) in [6.07, 6.45) is 8.71. The molecule has 0 spiro atoms. The van der Waals surface area contributed by atoms with Crippen molar-refractivity contribution in [3.63, 3.8) is 0 Å². The van der Waals surface area contributed by atoms with E-state index >= 15 is 0 Å². The molecule has 0 aliphatic rings. The number of benzene rings is 1. The van der Waals surface area contributed by atoms with Crippen LogP contribution in [0.5, 0.6) is 0 Å². The quantitative estimate of drug-likeness (QED) is 0.159. The standard InChI is InChI=1S/C26H30FN5O5/c1-4-6-7-11-14-20(33)37-19(15-32-17-29-21-22(28)30-25(27)31-23(21)32)26(5-2,35-3)16-36-24(34)18-12-9-8-10-13-18/h2,8-10,12-13,17,19H,4,6-7,11,14-16H2,1,3H3,(H2,28,30,31)/t19-,26?/m0/s1. The van der Waals surface area contributed by atoms with E-state index < -0.39 is 36.3 Å². The van der Waals surface area contributed by atoms with Crippen LogP contribution in [0.2, 0.25) is 0 Å². The van der Waals surface area contributed by atoms with E-state index in [1.54, 1.807) is 30.3 Å². The lowest BCUT2D eigenvalue weighted by Crippen LogP contribution is -2.51. The van der Waals surface area contributed by atoms with Crippen LogP contribution in [0.4, 0.5) is 10.2 Å². The molecule has 0 bridgehead atoms. The summed E-state index contributed by atoms with van der Waals surface area (Å²) in [7, 11) is 1.32. The van der Waals surface area contributed by atoms with Crippen LogP contribution in [0.25, 0.3) is 11.2 Å². The number of ether oxygens (including phenoxy) is 3. The summed E-state index contributed by atoms with van der Waals surface area (Å²) in [6, 6.07) is 8.35. The molecule has 0 amide bonds. The number of methoxy groups -OCH3 is 1. The molecule has 1 aromatic carbocycles.